The first-order valence-electron chi connectivity index (χ1n) is 12.1. The van der Waals surface area contributed by atoms with Gasteiger partial charge in [0.25, 0.3) is 5.91 Å². The molecule has 1 atom stereocenters. The summed E-state index contributed by atoms with van der Waals surface area (Å²) in [7, 11) is 1.66. The van der Waals surface area contributed by atoms with Crippen LogP contribution in [0.2, 0.25) is 0 Å². The molecule has 1 fully saturated rings. The smallest absolute Gasteiger partial charge is 0.253 e. The lowest BCUT2D eigenvalue weighted by molar-refractivity contribution is -0.117. The van der Waals surface area contributed by atoms with Gasteiger partial charge in [0.15, 0.2) is 0 Å². The maximum absolute atomic E-state index is 13.1. The number of hydrogen-bond donors (Lipinski definition) is 2. The molecule has 1 saturated heterocycles. The highest BCUT2D eigenvalue weighted by Gasteiger charge is 2.23. The lowest BCUT2D eigenvalue weighted by Crippen LogP contribution is -2.35. The number of amides is 2. The van der Waals surface area contributed by atoms with Crippen molar-refractivity contribution in [2.75, 3.05) is 43.6 Å². The van der Waals surface area contributed by atoms with Gasteiger partial charge in [-0.25, -0.2) is 0 Å². The van der Waals surface area contributed by atoms with Gasteiger partial charge in [0.1, 0.15) is 0 Å². The van der Waals surface area contributed by atoms with Crippen molar-refractivity contribution in [3.63, 3.8) is 0 Å². The number of carbonyl (C=O) groups excluding carboxylic acids is 2. The van der Waals surface area contributed by atoms with Crippen LogP contribution >= 0.6 is 0 Å². The van der Waals surface area contributed by atoms with Crippen molar-refractivity contribution >= 4 is 23.2 Å². The molecule has 178 valence electrons. The van der Waals surface area contributed by atoms with Crippen molar-refractivity contribution < 1.29 is 14.3 Å². The van der Waals surface area contributed by atoms with E-state index in [-0.39, 0.29) is 17.7 Å². The van der Waals surface area contributed by atoms with E-state index in [1.165, 1.54) is 0 Å². The summed E-state index contributed by atoms with van der Waals surface area (Å²) in [5.41, 5.74) is 3.17. The lowest BCUT2D eigenvalue weighted by Gasteiger charge is -2.33. The normalized spacial score (nSPS) is 15.2. The average Bonchev–Trinajstić information content (AvgIpc) is 2.83. The van der Waals surface area contributed by atoms with Gasteiger partial charge >= 0.3 is 0 Å². The Balaban J connectivity index is 1.80. The van der Waals surface area contributed by atoms with Crippen LogP contribution < -0.4 is 15.5 Å². The summed E-state index contributed by atoms with van der Waals surface area (Å²) in [6.45, 7) is 7.30. The maximum Gasteiger partial charge on any atom is 0.253 e. The molecule has 3 rings (SSSR count). The van der Waals surface area contributed by atoms with Crippen LogP contribution in [0, 0.1) is 5.92 Å². The number of nitrogens with zero attached hydrogens (tertiary/aromatic N) is 1. The number of piperidine rings is 1. The Hall–Kier alpha value is -2.86. The molecule has 6 heteroatoms. The van der Waals surface area contributed by atoms with Crippen molar-refractivity contribution in [3.05, 3.63) is 59.7 Å². The largest absolute Gasteiger partial charge is 0.385 e. The van der Waals surface area contributed by atoms with E-state index >= 15 is 0 Å². The van der Waals surface area contributed by atoms with Crippen molar-refractivity contribution in [3.8, 4) is 0 Å². The van der Waals surface area contributed by atoms with E-state index in [1.807, 2.05) is 55.5 Å². The highest BCUT2D eigenvalue weighted by atomic mass is 16.5. The van der Waals surface area contributed by atoms with Crippen molar-refractivity contribution in [2.24, 2.45) is 5.92 Å². The quantitative estimate of drug-likeness (QED) is 0.508. The Morgan fingerprint density at radius 2 is 1.85 bits per heavy atom. The fraction of sp³-hybridized carbons (Fsp3) is 0.481. The van der Waals surface area contributed by atoms with Crippen molar-refractivity contribution in [1.29, 1.82) is 0 Å². The number of carbonyl (C=O) groups is 2. The standard InChI is InChI=1S/C27H37N3O3/c1-4-23(21-9-6-5-7-10-21)27(32)29-22-11-12-25(30-16-13-20(2)14-17-30)24(19-22)26(31)28-15-8-18-33-3/h5-7,9-12,19-20,23H,4,8,13-18H2,1-3H3,(H,28,31)(H,29,32). The molecule has 2 N–H and O–H groups in total. The van der Waals surface area contributed by atoms with Gasteiger partial charge in [-0.05, 0) is 55.4 Å². The first kappa shape index (κ1) is 24.8. The van der Waals surface area contributed by atoms with Gasteiger partial charge in [-0.2, -0.15) is 0 Å². The molecule has 2 aromatic rings. The topological polar surface area (TPSA) is 70.7 Å². The van der Waals surface area contributed by atoms with Gasteiger partial charge in [-0.15, -0.1) is 0 Å². The summed E-state index contributed by atoms with van der Waals surface area (Å²) in [5, 5.41) is 6.05. The van der Waals surface area contributed by atoms with Gasteiger partial charge in [-0.1, -0.05) is 44.2 Å². The average molecular weight is 452 g/mol. The van der Waals surface area contributed by atoms with Gasteiger partial charge in [0.05, 0.1) is 11.5 Å². The third-order valence-electron chi connectivity index (χ3n) is 6.37. The van der Waals surface area contributed by atoms with E-state index in [0.29, 0.717) is 36.7 Å². The van der Waals surface area contributed by atoms with Crippen LogP contribution in [-0.2, 0) is 9.53 Å². The van der Waals surface area contributed by atoms with Crippen LogP contribution in [0.5, 0.6) is 0 Å². The van der Waals surface area contributed by atoms with Crippen LogP contribution in [-0.4, -0.2) is 45.2 Å². The number of anilines is 2. The zero-order chi connectivity index (χ0) is 23.6. The predicted molar refractivity (Wildman–Crippen MR) is 134 cm³/mol. The summed E-state index contributed by atoms with van der Waals surface area (Å²) >= 11 is 0. The van der Waals surface area contributed by atoms with Gasteiger partial charge < -0.3 is 20.3 Å². The summed E-state index contributed by atoms with van der Waals surface area (Å²) < 4.78 is 5.08. The third-order valence-corrected chi connectivity index (χ3v) is 6.37. The molecule has 0 spiro atoms. The summed E-state index contributed by atoms with van der Waals surface area (Å²) in [4.78, 5) is 28.4. The third kappa shape index (κ3) is 6.81. The van der Waals surface area contributed by atoms with E-state index < -0.39 is 0 Å². The van der Waals surface area contributed by atoms with E-state index in [4.69, 9.17) is 4.74 Å². The SMILES string of the molecule is CCC(C(=O)Nc1ccc(N2CCC(C)CC2)c(C(=O)NCCCOC)c1)c1ccccc1. The molecule has 1 unspecified atom stereocenters. The number of methoxy groups -OCH3 is 1. The molecule has 33 heavy (non-hydrogen) atoms. The van der Waals surface area contributed by atoms with Gasteiger partial charge in [0, 0.05) is 44.7 Å². The van der Waals surface area contributed by atoms with Crippen LogP contribution in [0.25, 0.3) is 0 Å². The molecule has 0 bridgehead atoms. The van der Waals surface area contributed by atoms with Crippen LogP contribution in [0.1, 0.15) is 61.4 Å². The number of hydrogen-bond acceptors (Lipinski definition) is 4. The lowest BCUT2D eigenvalue weighted by atomic mass is 9.95. The zero-order valence-electron chi connectivity index (χ0n) is 20.1. The Kier molecular flexibility index (Phi) is 9.31. The van der Waals surface area contributed by atoms with Crippen molar-refractivity contribution in [2.45, 2.75) is 45.4 Å². The van der Waals surface area contributed by atoms with E-state index in [9.17, 15) is 9.59 Å². The molecule has 1 heterocycles. The highest BCUT2D eigenvalue weighted by Crippen LogP contribution is 2.29. The number of rotatable bonds is 10. The Morgan fingerprint density at radius 3 is 2.52 bits per heavy atom. The summed E-state index contributed by atoms with van der Waals surface area (Å²) in [5.74, 6) is 0.288. The minimum absolute atomic E-state index is 0.0605. The van der Waals surface area contributed by atoms with Gasteiger partial charge in [-0.3, -0.25) is 9.59 Å². The molecule has 0 saturated carbocycles. The zero-order valence-corrected chi connectivity index (χ0v) is 20.1. The molecule has 0 aromatic heterocycles. The summed E-state index contributed by atoms with van der Waals surface area (Å²) in [6, 6.07) is 15.5. The van der Waals surface area contributed by atoms with E-state index in [0.717, 1.165) is 43.6 Å². The first-order chi connectivity index (χ1) is 16.0. The molecular formula is C27H37N3O3. The predicted octanol–water partition coefficient (Wildman–Crippen LogP) is 4.82. The maximum atomic E-state index is 13.1. The highest BCUT2D eigenvalue weighted by molar-refractivity contribution is 6.02. The molecule has 0 radical (unpaired) electrons. The molecular weight excluding hydrogens is 414 g/mol. The van der Waals surface area contributed by atoms with Gasteiger partial charge in [0.2, 0.25) is 5.91 Å². The monoisotopic (exact) mass is 451 g/mol. The first-order valence-corrected chi connectivity index (χ1v) is 12.1. The molecule has 0 aliphatic carbocycles. The molecule has 1 aliphatic heterocycles. The summed E-state index contributed by atoms with van der Waals surface area (Å²) in [6.07, 6.45) is 3.68. The molecule has 6 nitrogen and oxygen atoms in total. The minimum Gasteiger partial charge on any atom is -0.385 e. The second-order valence-electron chi connectivity index (χ2n) is 8.86. The second-order valence-corrected chi connectivity index (χ2v) is 8.86. The minimum atomic E-state index is -0.235. The molecule has 1 aliphatic rings. The Labute approximate surface area is 197 Å². The molecule has 2 aromatic carbocycles. The van der Waals surface area contributed by atoms with Crippen molar-refractivity contribution in [1.82, 2.24) is 5.32 Å². The number of nitrogens with one attached hydrogen (secondary N) is 2. The second kappa shape index (κ2) is 12.4. The van der Waals surface area contributed by atoms with E-state index in [1.54, 1.807) is 7.11 Å². The van der Waals surface area contributed by atoms with E-state index in [2.05, 4.69) is 22.5 Å². The fourth-order valence-electron chi connectivity index (χ4n) is 4.32. The number of ether oxygens (including phenoxy) is 1. The Bertz CT molecular complexity index is 908. The Morgan fingerprint density at radius 1 is 1.12 bits per heavy atom. The van der Waals surface area contributed by atoms with Crippen LogP contribution in [0.3, 0.4) is 0 Å². The van der Waals surface area contributed by atoms with Crippen LogP contribution in [0.4, 0.5) is 11.4 Å². The van der Waals surface area contributed by atoms with Crippen LogP contribution in [0.15, 0.2) is 48.5 Å². The fourth-order valence-corrected chi connectivity index (χ4v) is 4.32. The number of benzene rings is 2. The molecule has 2 amide bonds.